The van der Waals surface area contributed by atoms with Crippen molar-refractivity contribution in [2.24, 2.45) is 17.7 Å². The van der Waals surface area contributed by atoms with Gasteiger partial charge in [-0.15, -0.1) is 0 Å². The lowest BCUT2D eigenvalue weighted by Crippen LogP contribution is -2.51. The number of hydrazine groups is 1. The maximum atomic E-state index is 6.15. The molecule has 0 amide bonds. The van der Waals surface area contributed by atoms with E-state index in [2.05, 4.69) is 33.1 Å². The van der Waals surface area contributed by atoms with Crippen LogP contribution in [0, 0.1) is 11.8 Å². The quantitative estimate of drug-likeness (QED) is 0.581. The minimum atomic E-state index is -0.122. The molecule has 3 N–H and O–H groups in total. The number of ether oxygens (including phenoxy) is 2. The summed E-state index contributed by atoms with van der Waals surface area (Å²) in [4.78, 5) is 0. The molecule has 100 valence electrons. The molecular weight excluding hydrogens is 216 g/mol. The Kier molecular flexibility index (Phi) is 3.51. The smallest absolute Gasteiger partial charge is 0.0678 e. The number of nitrogens with two attached hydrogens (primary N) is 1. The van der Waals surface area contributed by atoms with Crippen LogP contribution >= 0.6 is 0 Å². The molecule has 0 aromatic carbocycles. The minimum Gasteiger partial charge on any atom is -0.381 e. The van der Waals surface area contributed by atoms with E-state index >= 15 is 0 Å². The average Bonchev–Trinajstić information content (AvgIpc) is 2.74. The standard InChI is InChI=1S/C13H26N2O2/c1-12(2)7-10(13(3,4)17-12)11(15-14)9-5-6-16-8-9/h9-11,15H,5-8,14H2,1-4H3. The van der Waals surface area contributed by atoms with E-state index < -0.39 is 0 Å². The summed E-state index contributed by atoms with van der Waals surface area (Å²) < 4.78 is 11.6. The number of hydrogen-bond acceptors (Lipinski definition) is 4. The van der Waals surface area contributed by atoms with Gasteiger partial charge in [0.25, 0.3) is 0 Å². The highest BCUT2D eigenvalue weighted by atomic mass is 16.5. The molecule has 17 heavy (non-hydrogen) atoms. The molecule has 0 aliphatic carbocycles. The summed E-state index contributed by atoms with van der Waals surface area (Å²) in [5, 5.41) is 0. The molecule has 0 bridgehead atoms. The molecule has 2 fully saturated rings. The van der Waals surface area contributed by atoms with Crippen molar-refractivity contribution in [3.8, 4) is 0 Å². The van der Waals surface area contributed by atoms with Crippen LogP contribution in [0.2, 0.25) is 0 Å². The van der Waals surface area contributed by atoms with Crippen LogP contribution in [0.5, 0.6) is 0 Å². The molecule has 0 aromatic rings. The summed E-state index contributed by atoms with van der Waals surface area (Å²) >= 11 is 0. The Morgan fingerprint density at radius 3 is 2.41 bits per heavy atom. The second-order valence-corrected chi connectivity index (χ2v) is 6.59. The topological polar surface area (TPSA) is 56.5 Å². The molecule has 3 unspecified atom stereocenters. The van der Waals surface area contributed by atoms with E-state index in [0.717, 1.165) is 26.1 Å². The Hall–Kier alpha value is -0.160. The number of hydrogen-bond donors (Lipinski definition) is 2. The lowest BCUT2D eigenvalue weighted by atomic mass is 9.76. The molecule has 3 atom stereocenters. The first-order valence-corrected chi connectivity index (χ1v) is 6.60. The monoisotopic (exact) mass is 242 g/mol. The van der Waals surface area contributed by atoms with Crippen LogP contribution in [0.4, 0.5) is 0 Å². The van der Waals surface area contributed by atoms with Gasteiger partial charge in [-0.2, -0.15) is 0 Å². The van der Waals surface area contributed by atoms with Gasteiger partial charge in [0.05, 0.1) is 17.8 Å². The van der Waals surface area contributed by atoms with Crippen molar-refractivity contribution in [3.63, 3.8) is 0 Å². The van der Waals surface area contributed by atoms with Crippen molar-refractivity contribution in [2.45, 2.75) is 57.8 Å². The summed E-state index contributed by atoms with van der Waals surface area (Å²) in [7, 11) is 0. The Bertz CT molecular complexity index is 273. The summed E-state index contributed by atoms with van der Waals surface area (Å²) in [6, 6.07) is 0.286. The lowest BCUT2D eigenvalue weighted by molar-refractivity contribution is -0.0797. The molecule has 0 saturated carbocycles. The predicted molar refractivity (Wildman–Crippen MR) is 67.4 cm³/mol. The highest BCUT2D eigenvalue weighted by Gasteiger charge is 2.50. The van der Waals surface area contributed by atoms with Gasteiger partial charge in [-0.25, -0.2) is 0 Å². The summed E-state index contributed by atoms with van der Waals surface area (Å²) in [5.74, 6) is 6.74. The predicted octanol–water partition coefficient (Wildman–Crippen LogP) is 1.45. The zero-order chi connectivity index (χ0) is 12.7. The Morgan fingerprint density at radius 1 is 1.29 bits per heavy atom. The molecular formula is C13H26N2O2. The van der Waals surface area contributed by atoms with Crippen LogP contribution in [0.3, 0.4) is 0 Å². The van der Waals surface area contributed by atoms with Crippen LogP contribution < -0.4 is 11.3 Å². The van der Waals surface area contributed by atoms with Crippen LogP contribution in [0.15, 0.2) is 0 Å². The van der Waals surface area contributed by atoms with Gasteiger partial charge in [0.2, 0.25) is 0 Å². The van der Waals surface area contributed by atoms with Crippen molar-refractivity contribution >= 4 is 0 Å². The second kappa shape index (κ2) is 4.50. The van der Waals surface area contributed by atoms with Crippen molar-refractivity contribution in [3.05, 3.63) is 0 Å². The van der Waals surface area contributed by atoms with Gasteiger partial charge in [-0.1, -0.05) is 0 Å². The highest BCUT2D eigenvalue weighted by molar-refractivity contribution is 5.01. The fourth-order valence-electron chi connectivity index (χ4n) is 3.58. The van der Waals surface area contributed by atoms with Gasteiger partial charge >= 0.3 is 0 Å². The van der Waals surface area contributed by atoms with E-state index in [1.54, 1.807) is 0 Å². The molecule has 2 aliphatic rings. The molecule has 0 spiro atoms. The zero-order valence-electron chi connectivity index (χ0n) is 11.5. The third kappa shape index (κ3) is 2.65. The van der Waals surface area contributed by atoms with Crippen LogP contribution in [-0.2, 0) is 9.47 Å². The molecule has 4 nitrogen and oxygen atoms in total. The highest BCUT2D eigenvalue weighted by Crippen LogP contribution is 2.45. The summed E-state index contributed by atoms with van der Waals surface area (Å²) in [6.45, 7) is 10.3. The van der Waals surface area contributed by atoms with Gasteiger partial charge in [0, 0.05) is 24.5 Å². The van der Waals surface area contributed by atoms with Crippen LogP contribution in [0.1, 0.15) is 40.5 Å². The largest absolute Gasteiger partial charge is 0.381 e. The fraction of sp³-hybridized carbons (Fsp3) is 1.00. The summed E-state index contributed by atoms with van der Waals surface area (Å²) in [5.41, 5.74) is 2.84. The average molecular weight is 242 g/mol. The van der Waals surface area contributed by atoms with E-state index in [1.165, 1.54) is 0 Å². The lowest BCUT2D eigenvalue weighted by Gasteiger charge is -2.35. The summed E-state index contributed by atoms with van der Waals surface area (Å²) in [6.07, 6.45) is 2.15. The van der Waals surface area contributed by atoms with E-state index in [4.69, 9.17) is 15.3 Å². The first-order chi connectivity index (χ1) is 7.86. The maximum Gasteiger partial charge on any atom is 0.0678 e. The van der Waals surface area contributed by atoms with Crippen molar-refractivity contribution in [1.82, 2.24) is 5.43 Å². The third-order valence-electron chi connectivity index (χ3n) is 4.24. The minimum absolute atomic E-state index is 0.0528. The van der Waals surface area contributed by atoms with E-state index in [0.29, 0.717) is 11.8 Å². The Labute approximate surface area is 104 Å². The SMILES string of the molecule is CC1(C)CC(C(NN)C2CCOC2)C(C)(C)O1. The van der Waals surface area contributed by atoms with Gasteiger partial charge in [0.15, 0.2) is 0 Å². The first-order valence-electron chi connectivity index (χ1n) is 6.60. The number of nitrogens with one attached hydrogen (secondary N) is 1. The third-order valence-corrected chi connectivity index (χ3v) is 4.24. The Morgan fingerprint density at radius 2 is 2.00 bits per heavy atom. The van der Waals surface area contributed by atoms with E-state index in [9.17, 15) is 0 Å². The molecule has 4 heteroatoms. The van der Waals surface area contributed by atoms with Crippen molar-refractivity contribution < 1.29 is 9.47 Å². The first kappa shape index (κ1) is 13.3. The van der Waals surface area contributed by atoms with Crippen LogP contribution in [0.25, 0.3) is 0 Å². The molecule has 2 heterocycles. The molecule has 0 radical (unpaired) electrons. The van der Waals surface area contributed by atoms with Crippen molar-refractivity contribution in [2.75, 3.05) is 13.2 Å². The van der Waals surface area contributed by atoms with Gasteiger partial charge in [-0.3, -0.25) is 11.3 Å². The molecule has 2 rings (SSSR count). The Balaban J connectivity index is 2.13. The fourth-order valence-corrected chi connectivity index (χ4v) is 3.58. The normalized spacial score (nSPS) is 37.2. The molecule has 2 aliphatic heterocycles. The number of rotatable bonds is 3. The van der Waals surface area contributed by atoms with Gasteiger partial charge in [-0.05, 0) is 40.5 Å². The van der Waals surface area contributed by atoms with E-state index in [-0.39, 0.29) is 17.2 Å². The van der Waals surface area contributed by atoms with E-state index in [1.807, 2.05) is 0 Å². The van der Waals surface area contributed by atoms with Gasteiger partial charge < -0.3 is 9.47 Å². The maximum absolute atomic E-state index is 6.15. The van der Waals surface area contributed by atoms with Crippen LogP contribution in [-0.4, -0.2) is 30.5 Å². The van der Waals surface area contributed by atoms with Gasteiger partial charge in [0.1, 0.15) is 0 Å². The zero-order valence-corrected chi connectivity index (χ0v) is 11.5. The molecule has 0 aromatic heterocycles. The second-order valence-electron chi connectivity index (χ2n) is 6.59. The molecule has 2 saturated heterocycles. The van der Waals surface area contributed by atoms with Crippen molar-refractivity contribution in [1.29, 1.82) is 0 Å².